The van der Waals surface area contributed by atoms with E-state index in [-0.39, 0.29) is 13.2 Å². The van der Waals surface area contributed by atoms with Crippen LogP contribution in [-0.2, 0) is 20.1 Å². The first-order chi connectivity index (χ1) is 11.9. The molecule has 25 heavy (non-hydrogen) atoms. The summed E-state index contributed by atoms with van der Waals surface area (Å²) in [5, 5.41) is 9.02. The minimum Gasteiger partial charge on any atom is -0.396 e. The highest BCUT2D eigenvalue weighted by atomic mass is 79.9. The molecule has 3 rings (SSSR count). The van der Waals surface area contributed by atoms with Crippen LogP contribution in [0.25, 0.3) is 11.2 Å². The molecule has 0 fully saturated rings. The van der Waals surface area contributed by atoms with Crippen molar-refractivity contribution in [2.75, 3.05) is 6.61 Å². The second-order valence-corrected chi connectivity index (χ2v) is 6.71. The summed E-state index contributed by atoms with van der Waals surface area (Å²) in [7, 11) is 1.59. The first-order valence-corrected chi connectivity index (χ1v) is 8.75. The maximum Gasteiger partial charge on any atom is 0.332 e. The number of hydrogen-bond donors (Lipinski definition) is 1. The van der Waals surface area contributed by atoms with Crippen molar-refractivity contribution in [1.29, 1.82) is 0 Å². The molecule has 0 atom stereocenters. The molecule has 7 nitrogen and oxygen atoms in total. The van der Waals surface area contributed by atoms with E-state index >= 15 is 0 Å². The highest BCUT2D eigenvalue weighted by Gasteiger charge is 2.19. The summed E-state index contributed by atoms with van der Waals surface area (Å²) in [5.41, 5.74) is 2.07. The fourth-order valence-electron chi connectivity index (χ4n) is 2.79. The van der Waals surface area contributed by atoms with Gasteiger partial charge in [0.25, 0.3) is 5.56 Å². The first kappa shape index (κ1) is 17.6. The normalized spacial score (nSPS) is 11.4. The number of rotatable bonds is 5. The van der Waals surface area contributed by atoms with Gasteiger partial charge in [-0.25, -0.2) is 9.78 Å². The lowest BCUT2D eigenvalue weighted by atomic mass is 10.1. The molecule has 0 saturated heterocycles. The van der Waals surface area contributed by atoms with Crippen LogP contribution < -0.4 is 11.2 Å². The average molecular weight is 407 g/mol. The van der Waals surface area contributed by atoms with Gasteiger partial charge in [-0.1, -0.05) is 29.8 Å². The lowest BCUT2D eigenvalue weighted by Gasteiger charge is -2.10. The number of halogens is 1. The third-order valence-corrected chi connectivity index (χ3v) is 4.79. The lowest BCUT2D eigenvalue weighted by molar-refractivity contribution is 0.277. The van der Waals surface area contributed by atoms with Crippen LogP contribution in [-0.4, -0.2) is 30.4 Å². The Morgan fingerprint density at radius 2 is 1.84 bits per heavy atom. The molecular weight excluding hydrogens is 388 g/mol. The molecule has 3 aromatic rings. The Bertz CT molecular complexity index is 1030. The van der Waals surface area contributed by atoms with Crippen LogP contribution in [0, 0.1) is 6.92 Å². The van der Waals surface area contributed by atoms with Crippen molar-refractivity contribution in [2.24, 2.45) is 7.05 Å². The molecule has 132 valence electrons. The molecule has 0 aliphatic heterocycles. The molecule has 8 heteroatoms. The number of hydrogen-bond acceptors (Lipinski definition) is 4. The van der Waals surface area contributed by atoms with E-state index in [0.29, 0.717) is 28.9 Å². The summed E-state index contributed by atoms with van der Waals surface area (Å²) in [6.07, 6.45) is 0.341. The van der Waals surface area contributed by atoms with Gasteiger partial charge in [-0.15, -0.1) is 0 Å². The summed E-state index contributed by atoms with van der Waals surface area (Å²) in [5.74, 6) is 0. The van der Waals surface area contributed by atoms with Gasteiger partial charge >= 0.3 is 5.69 Å². The lowest BCUT2D eigenvalue weighted by Crippen LogP contribution is -2.39. The standard InChI is InChI=1S/C17H19BrN4O3/c1-11-4-6-12(7-5-11)10-22-13-14(19-16(22)18)20(2)17(25)21(15(13)24)8-3-9-23/h4-7,23H,3,8-10H2,1-2H3. The van der Waals surface area contributed by atoms with Crippen LogP contribution in [0.3, 0.4) is 0 Å². The predicted molar refractivity (Wildman–Crippen MR) is 98.9 cm³/mol. The van der Waals surface area contributed by atoms with Gasteiger partial charge in [-0.2, -0.15) is 0 Å². The molecule has 2 aromatic heterocycles. The quantitative estimate of drug-likeness (QED) is 0.649. The molecule has 2 heterocycles. The minimum atomic E-state index is -0.432. The van der Waals surface area contributed by atoms with Gasteiger partial charge < -0.3 is 9.67 Å². The molecule has 1 aromatic carbocycles. The molecule has 0 spiro atoms. The van der Waals surface area contributed by atoms with Gasteiger partial charge in [0, 0.05) is 20.2 Å². The second-order valence-electron chi connectivity index (χ2n) is 6.00. The largest absolute Gasteiger partial charge is 0.396 e. The number of benzene rings is 1. The third kappa shape index (κ3) is 3.19. The van der Waals surface area contributed by atoms with Gasteiger partial charge in [-0.05, 0) is 34.8 Å². The Morgan fingerprint density at radius 3 is 2.48 bits per heavy atom. The summed E-state index contributed by atoms with van der Waals surface area (Å²) in [4.78, 5) is 29.6. The topological polar surface area (TPSA) is 82.1 Å². The summed E-state index contributed by atoms with van der Waals surface area (Å²) >= 11 is 3.40. The van der Waals surface area contributed by atoms with Crippen molar-refractivity contribution >= 4 is 27.1 Å². The van der Waals surface area contributed by atoms with Crippen molar-refractivity contribution in [2.45, 2.75) is 26.4 Å². The zero-order valence-electron chi connectivity index (χ0n) is 14.1. The molecule has 0 unspecified atom stereocenters. The summed E-state index contributed by atoms with van der Waals surface area (Å²) in [6.45, 7) is 2.57. The van der Waals surface area contributed by atoms with Gasteiger partial charge in [0.05, 0.1) is 6.54 Å². The molecule has 0 aliphatic carbocycles. The number of imidazole rings is 1. The van der Waals surface area contributed by atoms with Crippen LogP contribution in [0.1, 0.15) is 17.5 Å². The second kappa shape index (κ2) is 6.97. The molecule has 0 amide bonds. The Kier molecular flexibility index (Phi) is 4.91. The van der Waals surface area contributed by atoms with E-state index in [4.69, 9.17) is 5.11 Å². The van der Waals surface area contributed by atoms with E-state index in [0.717, 1.165) is 15.7 Å². The van der Waals surface area contributed by atoms with Crippen molar-refractivity contribution in [1.82, 2.24) is 18.7 Å². The number of fused-ring (bicyclic) bond motifs is 1. The van der Waals surface area contributed by atoms with Crippen molar-refractivity contribution in [3.8, 4) is 0 Å². The summed E-state index contributed by atoms with van der Waals surface area (Å²) < 4.78 is 4.77. The molecule has 0 saturated carbocycles. The molecular formula is C17H19BrN4O3. The maximum absolute atomic E-state index is 12.9. The van der Waals surface area contributed by atoms with Crippen LogP contribution in [0.2, 0.25) is 0 Å². The fraction of sp³-hybridized carbons (Fsp3) is 0.353. The van der Waals surface area contributed by atoms with Crippen molar-refractivity contribution in [3.05, 3.63) is 61.0 Å². The molecule has 0 aliphatic rings. The average Bonchev–Trinajstić information content (AvgIpc) is 2.92. The van der Waals surface area contributed by atoms with Crippen LogP contribution >= 0.6 is 15.9 Å². The molecule has 0 bridgehead atoms. The molecule has 0 radical (unpaired) electrons. The highest BCUT2D eigenvalue weighted by Crippen LogP contribution is 2.18. The Morgan fingerprint density at radius 1 is 1.16 bits per heavy atom. The number of aryl methyl sites for hydroxylation is 2. The number of aliphatic hydroxyl groups is 1. The van der Waals surface area contributed by atoms with E-state index in [2.05, 4.69) is 20.9 Å². The predicted octanol–water partition coefficient (Wildman–Crippen LogP) is 1.40. The maximum atomic E-state index is 12.9. The zero-order chi connectivity index (χ0) is 18.1. The Hall–Kier alpha value is -2.19. The van der Waals surface area contributed by atoms with Crippen LogP contribution in [0.4, 0.5) is 0 Å². The van der Waals surface area contributed by atoms with Gasteiger partial charge in [0.1, 0.15) is 0 Å². The van der Waals surface area contributed by atoms with Crippen molar-refractivity contribution < 1.29 is 5.11 Å². The van der Waals surface area contributed by atoms with Crippen molar-refractivity contribution in [3.63, 3.8) is 0 Å². The SMILES string of the molecule is Cc1ccc(Cn2c(Br)nc3c2c(=O)n(CCCO)c(=O)n3C)cc1. The third-order valence-electron chi connectivity index (χ3n) is 4.19. The Balaban J connectivity index is 2.20. The van der Waals surface area contributed by atoms with E-state index < -0.39 is 11.2 Å². The minimum absolute atomic E-state index is 0.0834. The monoisotopic (exact) mass is 406 g/mol. The van der Waals surface area contributed by atoms with E-state index in [9.17, 15) is 9.59 Å². The number of nitrogens with zero attached hydrogens (tertiary/aromatic N) is 4. The zero-order valence-corrected chi connectivity index (χ0v) is 15.7. The van der Waals surface area contributed by atoms with E-state index in [1.807, 2.05) is 31.2 Å². The summed E-state index contributed by atoms with van der Waals surface area (Å²) in [6, 6.07) is 8.02. The number of aromatic nitrogens is 4. The fourth-order valence-corrected chi connectivity index (χ4v) is 3.26. The number of aliphatic hydroxyl groups excluding tert-OH is 1. The first-order valence-electron chi connectivity index (χ1n) is 7.96. The van der Waals surface area contributed by atoms with Gasteiger partial charge in [-0.3, -0.25) is 13.9 Å². The van der Waals surface area contributed by atoms with E-state index in [1.54, 1.807) is 11.6 Å². The van der Waals surface area contributed by atoms with E-state index in [1.165, 1.54) is 4.57 Å². The highest BCUT2D eigenvalue weighted by molar-refractivity contribution is 9.10. The van der Waals surface area contributed by atoms with Gasteiger partial charge in [0.15, 0.2) is 15.9 Å². The smallest absolute Gasteiger partial charge is 0.332 e. The van der Waals surface area contributed by atoms with Gasteiger partial charge in [0.2, 0.25) is 0 Å². The van der Waals surface area contributed by atoms with Crippen LogP contribution in [0.5, 0.6) is 0 Å². The van der Waals surface area contributed by atoms with Crippen LogP contribution in [0.15, 0.2) is 38.6 Å². The molecule has 1 N–H and O–H groups in total. The Labute approximate surface area is 152 Å².